The first-order valence-electron chi connectivity index (χ1n) is 8.49. The lowest BCUT2D eigenvalue weighted by molar-refractivity contribution is -0.141. The van der Waals surface area contributed by atoms with Gasteiger partial charge in [0.1, 0.15) is 24.4 Å². The van der Waals surface area contributed by atoms with Crippen molar-refractivity contribution in [2.45, 2.75) is 19.0 Å². The first kappa shape index (κ1) is 17.6. The zero-order chi connectivity index (χ0) is 18.5. The molecule has 6 nitrogen and oxygen atoms in total. The van der Waals surface area contributed by atoms with Crippen LogP contribution in [0.1, 0.15) is 18.4 Å². The monoisotopic (exact) mass is 351 g/mol. The van der Waals surface area contributed by atoms with Gasteiger partial charge in [-0.2, -0.15) is 5.26 Å². The van der Waals surface area contributed by atoms with Gasteiger partial charge >= 0.3 is 5.97 Å². The molecule has 0 saturated heterocycles. The Morgan fingerprint density at radius 3 is 2.65 bits per heavy atom. The van der Waals surface area contributed by atoms with E-state index in [2.05, 4.69) is 11.4 Å². The fourth-order valence-corrected chi connectivity index (χ4v) is 3.16. The molecule has 3 rings (SSSR count). The third-order valence-corrected chi connectivity index (χ3v) is 4.39. The minimum Gasteiger partial charge on any atom is -0.497 e. The van der Waals surface area contributed by atoms with E-state index in [1.807, 2.05) is 53.4 Å². The lowest BCUT2D eigenvalue weighted by atomic mass is 9.96. The van der Waals surface area contributed by atoms with Crippen LogP contribution in [-0.4, -0.2) is 32.4 Å². The molecule has 0 spiro atoms. The first-order valence-corrected chi connectivity index (χ1v) is 8.49. The summed E-state index contributed by atoms with van der Waals surface area (Å²) >= 11 is 0. The number of rotatable bonds is 6. The average Bonchev–Trinajstić information content (AvgIpc) is 3.01. The number of ether oxygens (including phenoxy) is 2. The highest BCUT2D eigenvalue weighted by Crippen LogP contribution is 2.39. The molecule has 134 valence electrons. The number of para-hydroxylation sites is 2. The van der Waals surface area contributed by atoms with Crippen molar-refractivity contribution in [3.05, 3.63) is 54.1 Å². The van der Waals surface area contributed by atoms with E-state index in [-0.39, 0.29) is 18.7 Å². The molecule has 2 aromatic rings. The van der Waals surface area contributed by atoms with E-state index in [9.17, 15) is 10.1 Å². The molecule has 0 fully saturated rings. The van der Waals surface area contributed by atoms with Crippen molar-refractivity contribution in [2.24, 2.45) is 0 Å². The van der Waals surface area contributed by atoms with Crippen molar-refractivity contribution >= 4 is 17.3 Å². The van der Waals surface area contributed by atoms with E-state index in [1.165, 1.54) is 0 Å². The van der Waals surface area contributed by atoms with Gasteiger partial charge in [-0.15, -0.1) is 0 Å². The van der Waals surface area contributed by atoms with Gasteiger partial charge in [0.15, 0.2) is 0 Å². The summed E-state index contributed by atoms with van der Waals surface area (Å²) in [5, 5.41) is 13.2. The highest BCUT2D eigenvalue weighted by Gasteiger charge is 2.36. The van der Waals surface area contributed by atoms with Crippen molar-refractivity contribution < 1.29 is 14.3 Å². The lowest BCUT2D eigenvalue weighted by Crippen LogP contribution is -2.43. The molecule has 0 bridgehead atoms. The standard InChI is InChI=1S/C20H21N3O3/c1-3-26-19(24)13-23-18-7-5-4-6-17(18)22-20(23)16(12-21)14-8-10-15(25-2)11-9-14/h4-11,16,20,22H,3,13H2,1-2H3/t16-,20-/m1/s1. The van der Waals surface area contributed by atoms with E-state index in [1.54, 1.807) is 14.0 Å². The number of anilines is 2. The van der Waals surface area contributed by atoms with Crippen LogP contribution >= 0.6 is 0 Å². The number of hydrogen-bond acceptors (Lipinski definition) is 6. The largest absolute Gasteiger partial charge is 0.497 e. The zero-order valence-corrected chi connectivity index (χ0v) is 14.8. The molecule has 0 unspecified atom stereocenters. The Labute approximate surface area is 152 Å². The van der Waals surface area contributed by atoms with E-state index in [0.29, 0.717) is 6.61 Å². The van der Waals surface area contributed by atoms with Gasteiger partial charge in [0.25, 0.3) is 0 Å². The van der Waals surface area contributed by atoms with Gasteiger partial charge in [0.05, 0.1) is 31.2 Å². The number of fused-ring (bicyclic) bond motifs is 1. The molecule has 0 radical (unpaired) electrons. The van der Waals surface area contributed by atoms with E-state index in [0.717, 1.165) is 22.7 Å². The van der Waals surface area contributed by atoms with Gasteiger partial charge in [0.2, 0.25) is 0 Å². The molecular formula is C20H21N3O3. The summed E-state index contributed by atoms with van der Waals surface area (Å²) in [6.07, 6.45) is -0.366. The second kappa shape index (κ2) is 7.79. The second-order valence-electron chi connectivity index (χ2n) is 5.92. The molecule has 26 heavy (non-hydrogen) atoms. The number of methoxy groups -OCH3 is 1. The number of nitriles is 1. The van der Waals surface area contributed by atoms with Crippen LogP contribution < -0.4 is 15.0 Å². The van der Waals surface area contributed by atoms with Crippen molar-refractivity contribution in [3.8, 4) is 11.8 Å². The second-order valence-corrected chi connectivity index (χ2v) is 5.92. The minimum absolute atomic E-state index is 0.0802. The molecule has 0 aromatic heterocycles. The van der Waals surface area contributed by atoms with Crippen LogP contribution in [0.15, 0.2) is 48.5 Å². The third-order valence-electron chi connectivity index (χ3n) is 4.39. The highest BCUT2D eigenvalue weighted by atomic mass is 16.5. The van der Waals surface area contributed by atoms with Crippen LogP contribution in [-0.2, 0) is 9.53 Å². The molecule has 1 N–H and O–H groups in total. The van der Waals surface area contributed by atoms with Gasteiger partial charge in [-0.25, -0.2) is 0 Å². The summed E-state index contributed by atoms with van der Waals surface area (Å²) in [6.45, 7) is 2.18. The summed E-state index contributed by atoms with van der Waals surface area (Å²) in [5.41, 5.74) is 2.64. The summed E-state index contributed by atoms with van der Waals surface area (Å²) in [7, 11) is 1.60. The molecule has 0 amide bonds. The number of carbonyl (C=O) groups excluding carboxylic acids is 1. The smallest absolute Gasteiger partial charge is 0.325 e. The van der Waals surface area contributed by atoms with Gasteiger partial charge in [-0.1, -0.05) is 24.3 Å². The van der Waals surface area contributed by atoms with Crippen LogP contribution in [0.2, 0.25) is 0 Å². The van der Waals surface area contributed by atoms with E-state index in [4.69, 9.17) is 9.47 Å². The molecular weight excluding hydrogens is 330 g/mol. The highest BCUT2D eigenvalue weighted by molar-refractivity contribution is 5.83. The lowest BCUT2D eigenvalue weighted by Gasteiger charge is -2.29. The number of nitrogens with zero attached hydrogens (tertiary/aromatic N) is 2. The van der Waals surface area contributed by atoms with Gasteiger partial charge in [0, 0.05) is 0 Å². The molecule has 1 heterocycles. The predicted molar refractivity (Wildman–Crippen MR) is 99.2 cm³/mol. The Balaban J connectivity index is 1.92. The predicted octanol–water partition coefficient (Wildman–Crippen LogP) is 3.12. The molecule has 6 heteroatoms. The SMILES string of the molecule is CCOC(=O)CN1c2ccccc2N[C@H]1[C@H](C#N)c1ccc(OC)cc1. The Hall–Kier alpha value is -3.20. The molecule has 2 atom stereocenters. The minimum atomic E-state index is -0.470. The Bertz CT molecular complexity index is 814. The topological polar surface area (TPSA) is 74.6 Å². The van der Waals surface area contributed by atoms with E-state index >= 15 is 0 Å². The fraction of sp³-hybridized carbons (Fsp3) is 0.300. The van der Waals surface area contributed by atoms with E-state index < -0.39 is 5.92 Å². The van der Waals surface area contributed by atoms with Crippen LogP contribution in [0.3, 0.4) is 0 Å². The number of nitrogens with one attached hydrogen (secondary N) is 1. The zero-order valence-electron chi connectivity index (χ0n) is 14.8. The van der Waals surface area contributed by atoms with Crippen molar-refractivity contribution in [1.29, 1.82) is 5.26 Å². The summed E-state index contributed by atoms with van der Waals surface area (Å²) in [4.78, 5) is 14.0. The number of benzene rings is 2. The molecule has 1 aliphatic rings. The van der Waals surface area contributed by atoms with Crippen molar-refractivity contribution in [2.75, 3.05) is 30.5 Å². The number of esters is 1. The van der Waals surface area contributed by atoms with Gasteiger partial charge in [-0.3, -0.25) is 4.79 Å². The van der Waals surface area contributed by atoms with Crippen LogP contribution in [0.25, 0.3) is 0 Å². The van der Waals surface area contributed by atoms with Crippen LogP contribution in [0.4, 0.5) is 11.4 Å². The van der Waals surface area contributed by atoms with Crippen LogP contribution in [0.5, 0.6) is 5.75 Å². The normalized spacial score (nSPS) is 16.2. The summed E-state index contributed by atoms with van der Waals surface area (Å²) in [6, 6.07) is 17.5. The molecule has 1 aliphatic heterocycles. The summed E-state index contributed by atoms with van der Waals surface area (Å²) < 4.78 is 10.3. The Morgan fingerprint density at radius 1 is 1.27 bits per heavy atom. The van der Waals surface area contributed by atoms with Gasteiger partial charge < -0.3 is 19.7 Å². The summed E-state index contributed by atoms with van der Waals surface area (Å²) in [5.74, 6) is -0.0540. The Kier molecular flexibility index (Phi) is 5.28. The first-order chi connectivity index (χ1) is 12.7. The fourth-order valence-electron chi connectivity index (χ4n) is 3.16. The molecule has 0 saturated carbocycles. The van der Waals surface area contributed by atoms with Crippen molar-refractivity contribution in [1.82, 2.24) is 0 Å². The Morgan fingerprint density at radius 2 is 2.00 bits per heavy atom. The number of hydrogen-bond donors (Lipinski definition) is 1. The quantitative estimate of drug-likeness (QED) is 0.806. The molecule has 0 aliphatic carbocycles. The van der Waals surface area contributed by atoms with Crippen molar-refractivity contribution in [3.63, 3.8) is 0 Å². The maximum absolute atomic E-state index is 12.1. The average molecular weight is 351 g/mol. The molecule has 2 aromatic carbocycles. The maximum Gasteiger partial charge on any atom is 0.325 e. The third kappa shape index (κ3) is 3.42. The van der Waals surface area contributed by atoms with Gasteiger partial charge in [-0.05, 0) is 36.8 Å². The number of carbonyl (C=O) groups is 1. The van der Waals surface area contributed by atoms with Crippen LogP contribution in [0, 0.1) is 11.3 Å². The maximum atomic E-state index is 12.1.